The van der Waals surface area contributed by atoms with Crippen LogP contribution in [-0.2, 0) is 14.8 Å². The number of anilines is 1. The van der Waals surface area contributed by atoms with Crippen LogP contribution in [0, 0.1) is 20.8 Å². The first-order chi connectivity index (χ1) is 17.2. The Bertz CT molecular complexity index is 1370. The molecule has 1 heterocycles. The molecule has 0 aliphatic carbocycles. The largest absolute Gasteiger partial charge is 0.489 e. The molecule has 36 heavy (non-hydrogen) atoms. The number of amides is 1. The molecular formula is C27H29N3O4S2. The predicted octanol–water partition coefficient (Wildman–Crippen LogP) is 4.45. The Morgan fingerprint density at radius 2 is 1.81 bits per heavy atom. The van der Waals surface area contributed by atoms with Gasteiger partial charge in [-0.25, -0.2) is 13.8 Å². The van der Waals surface area contributed by atoms with Gasteiger partial charge in [-0.15, -0.1) is 0 Å². The fourth-order valence-electron chi connectivity index (χ4n) is 3.52. The van der Waals surface area contributed by atoms with Crippen LogP contribution in [-0.4, -0.2) is 44.7 Å². The highest BCUT2D eigenvalue weighted by molar-refractivity contribution is 8.00. The zero-order valence-corrected chi connectivity index (χ0v) is 22.1. The van der Waals surface area contributed by atoms with Crippen molar-refractivity contribution in [1.82, 2.24) is 5.43 Å². The standard InChI is InChI=1S/C27H29N3O4S2/c1-19-7-11-26(12-8-19)36(32,33)30(23-10-9-20(2)21(3)13-23)16-27(31)29-28-15-22-5-4-6-24(14-22)34-25-17-35-18-25/h4-15,25H,16-18H2,1-3H3,(H,29,31)/b28-15-. The number of carbonyl (C=O) groups excluding carboxylic acids is 1. The number of hydrazone groups is 1. The van der Waals surface area contributed by atoms with Gasteiger partial charge in [-0.2, -0.15) is 16.9 Å². The number of ether oxygens (including phenoxy) is 1. The first kappa shape index (κ1) is 25.8. The van der Waals surface area contributed by atoms with Gasteiger partial charge in [0.1, 0.15) is 18.4 Å². The Balaban J connectivity index is 1.50. The molecule has 0 radical (unpaired) electrons. The van der Waals surface area contributed by atoms with E-state index in [0.29, 0.717) is 5.69 Å². The third-order valence-corrected chi connectivity index (χ3v) is 8.85. The van der Waals surface area contributed by atoms with Crippen LogP contribution >= 0.6 is 11.8 Å². The Morgan fingerprint density at radius 3 is 2.47 bits per heavy atom. The van der Waals surface area contributed by atoms with Crippen LogP contribution in [0.25, 0.3) is 0 Å². The summed E-state index contributed by atoms with van der Waals surface area (Å²) in [6, 6.07) is 19.3. The molecular weight excluding hydrogens is 494 g/mol. The summed E-state index contributed by atoms with van der Waals surface area (Å²) in [7, 11) is -3.98. The molecule has 3 aromatic carbocycles. The van der Waals surface area contributed by atoms with Crippen LogP contribution in [0.3, 0.4) is 0 Å². The molecule has 1 aliphatic heterocycles. The van der Waals surface area contributed by atoms with E-state index in [9.17, 15) is 13.2 Å². The molecule has 188 valence electrons. The first-order valence-electron chi connectivity index (χ1n) is 11.6. The van der Waals surface area contributed by atoms with E-state index in [1.165, 1.54) is 6.21 Å². The third kappa shape index (κ3) is 6.27. The Hall–Kier alpha value is -3.30. The minimum Gasteiger partial charge on any atom is -0.489 e. The predicted molar refractivity (Wildman–Crippen MR) is 146 cm³/mol. The topological polar surface area (TPSA) is 88.1 Å². The number of sulfonamides is 1. The normalized spacial score (nSPS) is 13.9. The van der Waals surface area contributed by atoms with Crippen LogP contribution in [0.1, 0.15) is 22.3 Å². The molecule has 1 aliphatic rings. The van der Waals surface area contributed by atoms with Gasteiger partial charge in [-0.3, -0.25) is 9.10 Å². The maximum atomic E-state index is 13.5. The average Bonchev–Trinajstić information content (AvgIpc) is 2.82. The van der Waals surface area contributed by atoms with E-state index in [4.69, 9.17) is 4.74 Å². The molecule has 0 atom stereocenters. The average molecular weight is 524 g/mol. The summed E-state index contributed by atoms with van der Waals surface area (Å²) in [5, 5.41) is 4.04. The second-order valence-corrected chi connectivity index (χ2v) is 11.7. The van der Waals surface area contributed by atoms with Gasteiger partial charge >= 0.3 is 0 Å². The number of thioether (sulfide) groups is 1. The highest BCUT2D eigenvalue weighted by Crippen LogP contribution is 2.26. The quantitative estimate of drug-likeness (QED) is 0.331. The molecule has 4 rings (SSSR count). The first-order valence-corrected chi connectivity index (χ1v) is 14.1. The lowest BCUT2D eigenvalue weighted by Gasteiger charge is -2.25. The van der Waals surface area contributed by atoms with Gasteiger partial charge in [0.05, 0.1) is 16.8 Å². The lowest BCUT2D eigenvalue weighted by Crippen LogP contribution is -2.39. The van der Waals surface area contributed by atoms with Crippen molar-refractivity contribution in [3.63, 3.8) is 0 Å². The van der Waals surface area contributed by atoms with Crippen molar-refractivity contribution >= 4 is 39.6 Å². The van der Waals surface area contributed by atoms with Gasteiger partial charge in [0, 0.05) is 11.5 Å². The highest BCUT2D eigenvalue weighted by atomic mass is 32.2. The summed E-state index contributed by atoms with van der Waals surface area (Å²) in [6.45, 7) is 5.32. The molecule has 1 saturated heterocycles. The van der Waals surface area contributed by atoms with Crippen LogP contribution in [0.5, 0.6) is 5.75 Å². The molecule has 1 amide bonds. The monoisotopic (exact) mass is 523 g/mol. The van der Waals surface area contributed by atoms with E-state index in [0.717, 1.165) is 43.8 Å². The highest BCUT2D eigenvalue weighted by Gasteiger charge is 2.27. The summed E-state index contributed by atoms with van der Waals surface area (Å²) < 4.78 is 34.0. The zero-order valence-electron chi connectivity index (χ0n) is 20.5. The summed E-state index contributed by atoms with van der Waals surface area (Å²) in [5.74, 6) is 2.16. The maximum Gasteiger partial charge on any atom is 0.264 e. The minimum atomic E-state index is -3.98. The summed E-state index contributed by atoms with van der Waals surface area (Å²) in [5.41, 5.74) is 6.53. The van der Waals surface area contributed by atoms with Crippen molar-refractivity contribution in [2.75, 3.05) is 22.4 Å². The van der Waals surface area contributed by atoms with Gasteiger partial charge in [0.15, 0.2) is 0 Å². The number of nitrogens with one attached hydrogen (secondary N) is 1. The van der Waals surface area contributed by atoms with Gasteiger partial charge in [-0.05, 0) is 73.9 Å². The number of aryl methyl sites for hydroxylation is 3. The van der Waals surface area contributed by atoms with Crippen molar-refractivity contribution in [3.8, 4) is 5.75 Å². The van der Waals surface area contributed by atoms with E-state index in [-0.39, 0.29) is 11.0 Å². The fourth-order valence-corrected chi connectivity index (χ4v) is 5.50. The molecule has 1 N–H and O–H groups in total. The Kier molecular flexibility index (Phi) is 8.01. The number of rotatable bonds is 9. The number of hydrogen-bond donors (Lipinski definition) is 1. The SMILES string of the molecule is Cc1ccc(S(=O)(=O)N(CC(=O)N/N=C\c2cccc(OC3CSC3)c2)c2ccc(C)c(C)c2)cc1. The summed E-state index contributed by atoms with van der Waals surface area (Å²) in [6.07, 6.45) is 1.74. The summed E-state index contributed by atoms with van der Waals surface area (Å²) >= 11 is 1.85. The van der Waals surface area contributed by atoms with E-state index in [1.807, 2.05) is 62.9 Å². The van der Waals surface area contributed by atoms with E-state index in [2.05, 4.69) is 10.5 Å². The van der Waals surface area contributed by atoms with E-state index in [1.54, 1.807) is 36.4 Å². The zero-order chi connectivity index (χ0) is 25.7. The van der Waals surface area contributed by atoms with E-state index < -0.39 is 22.5 Å². The van der Waals surface area contributed by atoms with Crippen LogP contribution < -0.4 is 14.5 Å². The molecule has 0 aromatic heterocycles. The molecule has 0 unspecified atom stereocenters. The van der Waals surface area contributed by atoms with Gasteiger partial charge < -0.3 is 4.74 Å². The Morgan fingerprint density at radius 1 is 1.06 bits per heavy atom. The summed E-state index contributed by atoms with van der Waals surface area (Å²) in [4.78, 5) is 12.9. The number of carbonyl (C=O) groups is 1. The van der Waals surface area contributed by atoms with Crippen LogP contribution in [0.15, 0.2) is 76.7 Å². The smallest absolute Gasteiger partial charge is 0.264 e. The lowest BCUT2D eigenvalue weighted by molar-refractivity contribution is -0.119. The van der Waals surface area contributed by atoms with Crippen LogP contribution in [0.2, 0.25) is 0 Å². The molecule has 0 bridgehead atoms. The molecule has 3 aromatic rings. The minimum absolute atomic E-state index is 0.115. The van der Waals surface area contributed by atoms with Gasteiger partial charge in [-0.1, -0.05) is 35.9 Å². The van der Waals surface area contributed by atoms with Gasteiger partial charge in [0.25, 0.3) is 15.9 Å². The van der Waals surface area contributed by atoms with Gasteiger partial charge in [0.2, 0.25) is 0 Å². The maximum absolute atomic E-state index is 13.5. The molecule has 0 saturated carbocycles. The van der Waals surface area contributed by atoms with Crippen molar-refractivity contribution < 1.29 is 17.9 Å². The number of nitrogens with zero attached hydrogens (tertiary/aromatic N) is 2. The molecule has 9 heteroatoms. The Labute approximate surface area is 216 Å². The second-order valence-electron chi connectivity index (χ2n) is 8.74. The lowest BCUT2D eigenvalue weighted by atomic mass is 10.1. The third-order valence-electron chi connectivity index (χ3n) is 5.85. The molecule has 1 fully saturated rings. The second kappa shape index (κ2) is 11.2. The fraction of sp³-hybridized carbons (Fsp3) is 0.259. The molecule has 0 spiro atoms. The van der Waals surface area contributed by atoms with E-state index >= 15 is 0 Å². The van der Waals surface area contributed by atoms with Crippen molar-refractivity contribution in [2.24, 2.45) is 5.10 Å². The molecule has 7 nitrogen and oxygen atoms in total. The van der Waals surface area contributed by atoms with Crippen molar-refractivity contribution in [3.05, 3.63) is 89.0 Å². The number of hydrogen-bond acceptors (Lipinski definition) is 6. The van der Waals surface area contributed by atoms with Crippen molar-refractivity contribution in [2.45, 2.75) is 31.8 Å². The van der Waals surface area contributed by atoms with Crippen molar-refractivity contribution in [1.29, 1.82) is 0 Å². The van der Waals surface area contributed by atoms with Crippen LogP contribution in [0.4, 0.5) is 5.69 Å². The number of benzene rings is 3.